The number of aryl methyl sites for hydroxylation is 2. The van der Waals surface area contributed by atoms with Crippen LogP contribution < -0.4 is 0 Å². The third-order valence-corrected chi connectivity index (χ3v) is 0.766. The quantitative estimate of drug-likeness (QED) is 0.548. The van der Waals surface area contributed by atoms with E-state index in [4.69, 9.17) is 12.3 Å². The first-order chi connectivity index (χ1) is 7.35. The summed E-state index contributed by atoms with van der Waals surface area (Å²) in [5.41, 5.74) is -2.11. The van der Waals surface area contributed by atoms with Gasteiger partial charge in [-0.15, -0.1) is 0 Å². The minimum absolute atomic E-state index is 0.649. The lowest BCUT2D eigenvalue weighted by atomic mass is 10.2. The molecule has 0 unspecified atom stereocenters. The van der Waals surface area contributed by atoms with Crippen LogP contribution in [0.25, 0.3) is 0 Å². The molecule has 0 bridgehead atoms. The van der Waals surface area contributed by atoms with Crippen LogP contribution in [0.4, 0.5) is 0 Å². The van der Waals surface area contributed by atoms with E-state index in [1.54, 1.807) is 0 Å². The molecule has 8 heavy (non-hydrogen) atoms. The predicted molar refractivity (Wildman–Crippen MR) is 32.8 cm³/mol. The van der Waals surface area contributed by atoms with E-state index >= 15 is 0 Å². The Labute approximate surface area is 61.6 Å². The Kier molecular flexibility index (Phi) is 0.214. The minimum atomic E-state index is -2.85. The van der Waals surface area contributed by atoms with E-state index < -0.39 is 37.5 Å². The minimum Gasteiger partial charge on any atom is -0.282 e. The molecule has 0 fully saturated rings. The van der Waals surface area contributed by atoms with E-state index in [1.165, 1.54) is 0 Å². The summed E-state index contributed by atoms with van der Waals surface area (Å²) in [6.07, 6.45) is 0. The van der Waals surface area contributed by atoms with Crippen LogP contribution in [-0.2, 0) is 0 Å². The highest BCUT2D eigenvalue weighted by Crippen LogP contribution is 2.04. The lowest BCUT2D eigenvalue weighted by Gasteiger charge is -1.83. The molecule has 0 saturated heterocycles. The number of aromatic nitrogens is 2. The van der Waals surface area contributed by atoms with Crippen LogP contribution in [0.1, 0.15) is 29.3 Å². The van der Waals surface area contributed by atoms with Crippen LogP contribution in [0.2, 0.25) is 0 Å². The van der Waals surface area contributed by atoms with Gasteiger partial charge in [0.05, 0.1) is 5.69 Å². The van der Waals surface area contributed by atoms with Crippen molar-refractivity contribution in [1.82, 2.24) is 10.2 Å². The summed E-state index contributed by atoms with van der Waals surface area (Å²) in [5.74, 6) is 0. The second-order valence-electron chi connectivity index (χ2n) is 1.32. The van der Waals surface area contributed by atoms with Gasteiger partial charge in [-0.25, -0.2) is 0 Å². The molecule has 1 aromatic rings. The zero-order valence-corrected chi connectivity index (χ0v) is 3.95. The molecule has 0 amide bonds. The van der Waals surface area contributed by atoms with Gasteiger partial charge in [-0.05, 0) is 26.1 Å². The Morgan fingerprint density at radius 3 is 3.12 bits per heavy atom. The standard InChI is InChI=1S/C6H10N2/c1-4-5(2)7-8-6(4)3/h1-3H3,(H,7,8)/i1D3,2D3,3D3. The zero-order valence-electron chi connectivity index (χ0n) is 12.9. The van der Waals surface area contributed by atoms with Crippen LogP contribution >= 0.6 is 0 Å². The van der Waals surface area contributed by atoms with Crippen LogP contribution in [0.15, 0.2) is 0 Å². The van der Waals surface area contributed by atoms with Crippen molar-refractivity contribution in [3.8, 4) is 0 Å². The van der Waals surface area contributed by atoms with Crippen molar-refractivity contribution in [3.05, 3.63) is 17.0 Å². The fourth-order valence-electron chi connectivity index (χ4n) is 0.342. The van der Waals surface area contributed by atoms with Gasteiger partial charge in [0.25, 0.3) is 0 Å². The van der Waals surface area contributed by atoms with Gasteiger partial charge in [0.2, 0.25) is 0 Å². The summed E-state index contributed by atoms with van der Waals surface area (Å²) in [6, 6.07) is 0. The lowest BCUT2D eigenvalue weighted by molar-refractivity contribution is 1.02. The number of hydrogen-bond acceptors (Lipinski definition) is 1. The Morgan fingerprint density at radius 2 is 2.50 bits per heavy atom. The van der Waals surface area contributed by atoms with Gasteiger partial charge in [0, 0.05) is 18.0 Å². The summed E-state index contributed by atoms with van der Waals surface area (Å²) in [5, 5.41) is 5.31. The number of nitrogens with zero attached hydrogens (tertiary/aromatic N) is 1. The van der Waals surface area contributed by atoms with Crippen molar-refractivity contribution in [3.63, 3.8) is 0 Å². The van der Waals surface area contributed by atoms with Gasteiger partial charge in [-0.3, -0.25) is 5.10 Å². The Hall–Kier alpha value is -0.790. The molecule has 44 valence electrons. The Bertz CT molecular complexity index is 375. The number of nitrogens with one attached hydrogen (secondary N) is 1. The molecule has 0 aliphatic heterocycles. The molecule has 0 radical (unpaired) electrons. The van der Waals surface area contributed by atoms with Gasteiger partial charge in [-0.2, -0.15) is 5.10 Å². The fraction of sp³-hybridized carbons (Fsp3) is 0.500. The van der Waals surface area contributed by atoms with E-state index in [-0.39, 0.29) is 0 Å². The van der Waals surface area contributed by atoms with E-state index in [0.717, 1.165) is 0 Å². The molecular formula is C6H10N2. The molecule has 0 aliphatic rings. The summed E-state index contributed by atoms with van der Waals surface area (Å²) in [6.45, 7) is -8.37. The monoisotopic (exact) mass is 119 g/mol. The SMILES string of the molecule is [2H]C([2H])([2H])c1n[nH]c(C([2H])([2H])[2H])c1C([2H])([2H])[2H]. The maximum atomic E-state index is 7.20. The molecular weight excluding hydrogens is 100 g/mol. The fourth-order valence-corrected chi connectivity index (χ4v) is 0.342. The summed E-state index contributed by atoms with van der Waals surface area (Å²) in [4.78, 5) is 0. The molecule has 0 spiro atoms. The Morgan fingerprint density at radius 1 is 1.50 bits per heavy atom. The van der Waals surface area contributed by atoms with E-state index in [9.17, 15) is 0 Å². The first-order valence-corrected chi connectivity index (χ1v) is 1.95. The highest BCUT2D eigenvalue weighted by molar-refractivity contribution is 5.20. The molecule has 1 N–H and O–H groups in total. The van der Waals surface area contributed by atoms with E-state index in [0.29, 0.717) is 0 Å². The second-order valence-corrected chi connectivity index (χ2v) is 1.32. The number of H-pyrrole nitrogens is 1. The molecule has 1 aromatic heterocycles. The Balaban J connectivity index is 3.53. The third kappa shape index (κ3) is 0.619. The van der Waals surface area contributed by atoms with Crippen molar-refractivity contribution in [2.24, 2.45) is 0 Å². The topological polar surface area (TPSA) is 28.7 Å². The third-order valence-electron chi connectivity index (χ3n) is 0.766. The molecule has 1 heterocycles. The highest BCUT2D eigenvalue weighted by Gasteiger charge is 1.96. The average Bonchev–Trinajstić information content (AvgIpc) is 2.42. The molecule has 0 aliphatic carbocycles. The summed E-state index contributed by atoms with van der Waals surface area (Å²) < 4.78 is 64.4. The zero-order chi connectivity index (χ0) is 13.6. The number of rotatable bonds is 0. The summed E-state index contributed by atoms with van der Waals surface area (Å²) in [7, 11) is 0. The molecule has 0 saturated carbocycles. The van der Waals surface area contributed by atoms with Gasteiger partial charge >= 0.3 is 0 Å². The van der Waals surface area contributed by atoms with Crippen LogP contribution in [0, 0.1) is 20.6 Å². The normalized spacial score (nSPS) is 31.2. The highest BCUT2D eigenvalue weighted by atomic mass is 15.1. The van der Waals surface area contributed by atoms with Crippen molar-refractivity contribution < 1.29 is 12.3 Å². The van der Waals surface area contributed by atoms with E-state index in [1.807, 2.05) is 5.10 Å². The molecule has 0 atom stereocenters. The maximum absolute atomic E-state index is 7.20. The second kappa shape index (κ2) is 1.62. The lowest BCUT2D eigenvalue weighted by Crippen LogP contribution is -1.73. The molecule has 2 nitrogen and oxygen atoms in total. The van der Waals surface area contributed by atoms with Crippen LogP contribution in [-0.4, -0.2) is 10.2 Å². The average molecular weight is 119 g/mol. The molecule has 2 heteroatoms. The van der Waals surface area contributed by atoms with Crippen LogP contribution in [0.3, 0.4) is 0 Å². The van der Waals surface area contributed by atoms with Gasteiger partial charge in [0.1, 0.15) is 0 Å². The van der Waals surface area contributed by atoms with E-state index in [2.05, 4.69) is 5.10 Å². The van der Waals surface area contributed by atoms with Gasteiger partial charge < -0.3 is 0 Å². The van der Waals surface area contributed by atoms with Crippen molar-refractivity contribution in [2.75, 3.05) is 0 Å². The molecule has 1 rings (SSSR count). The van der Waals surface area contributed by atoms with Crippen molar-refractivity contribution in [2.45, 2.75) is 20.6 Å². The van der Waals surface area contributed by atoms with Gasteiger partial charge in [-0.1, -0.05) is 0 Å². The smallest absolute Gasteiger partial charge is 0.0623 e. The summed E-state index contributed by atoms with van der Waals surface area (Å²) >= 11 is 0. The molecule has 0 aromatic carbocycles. The number of aromatic amines is 1. The van der Waals surface area contributed by atoms with Crippen LogP contribution in [0.5, 0.6) is 0 Å². The van der Waals surface area contributed by atoms with Crippen molar-refractivity contribution >= 4 is 0 Å². The first kappa shape index (κ1) is 1.06. The largest absolute Gasteiger partial charge is 0.282 e. The maximum Gasteiger partial charge on any atom is 0.0623 e. The van der Waals surface area contributed by atoms with Crippen molar-refractivity contribution in [1.29, 1.82) is 0 Å². The first-order valence-electron chi connectivity index (χ1n) is 6.45. The number of hydrogen-bond donors (Lipinski definition) is 1. The predicted octanol–water partition coefficient (Wildman–Crippen LogP) is 1.33. The van der Waals surface area contributed by atoms with Gasteiger partial charge in [0.15, 0.2) is 0 Å².